The predicted octanol–water partition coefficient (Wildman–Crippen LogP) is 6.06. The average Bonchev–Trinajstić information content (AvgIpc) is 2.98. The van der Waals surface area contributed by atoms with Crippen LogP contribution in [0.1, 0.15) is 4.88 Å². The predicted molar refractivity (Wildman–Crippen MR) is 102 cm³/mol. The third kappa shape index (κ3) is 2.86. The average molecular weight is 352 g/mol. The molecule has 2 aromatic heterocycles. The molecular weight excluding hydrogens is 338 g/mol. The largest absolute Gasteiger partial charge is 0.338 e. The number of hydrogen-bond donors (Lipinski definition) is 1. The van der Waals surface area contributed by atoms with Crippen molar-refractivity contribution in [2.24, 2.45) is 0 Å². The Morgan fingerprint density at radius 3 is 2.50 bits per heavy atom. The van der Waals surface area contributed by atoms with Crippen molar-refractivity contribution in [1.82, 2.24) is 9.97 Å². The minimum Gasteiger partial charge on any atom is -0.338 e. The number of para-hydroxylation sites is 1. The molecule has 0 aliphatic rings. The monoisotopic (exact) mass is 351 g/mol. The zero-order chi connectivity index (χ0) is 16.5. The van der Waals surface area contributed by atoms with Gasteiger partial charge >= 0.3 is 0 Å². The molecule has 0 amide bonds. The second-order valence-corrected chi connectivity index (χ2v) is 7.08. The number of aromatic nitrogens is 2. The van der Waals surface area contributed by atoms with Crippen molar-refractivity contribution in [3.8, 4) is 11.4 Å². The van der Waals surface area contributed by atoms with Crippen LogP contribution in [0, 0.1) is 6.92 Å². The molecule has 0 radical (unpaired) electrons. The molecule has 0 saturated heterocycles. The Labute approximate surface area is 149 Å². The van der Waals surface area contributed by atoms with Crippen LogP contribution in [-0.4, -0.2) is 9.97 Å². The van der Waals surface area contributed by atoms with Crippen molar-refractivity contribution < 1.29 is 0 Å². The van der Waals surface area contributed by atoms with Crippen LogP contribution in [0.4, 0.5) is 11.5 Å². The van der Waals surface area contributed by atoms with Gasteiger partial charge < -0.3 is 5.32 Å². The van der Waals surface area contributed by atoms with E-state index in [0.29, 0.717) is 10.8 Å². The summed E-state index contributed by atoms with van der Waals surface area (Å²) in [4.78, 5) is 11.6. The van der Waals surface area contributed by atoms with Crippen molar-refractivity contribution in [3.63, 3.8) is 0 Å². The van der Waals surface area contributed by atoms with Crippen molar-refractivity contribution in [2.75, 3.05) is 5.32 Å². The molecule has 0 saturated carbocycles. The van der Waals surface area contributed by atoms with Gasteiger partial charge in [-0.15, -0.1) is 11.3 Å². The lowest BCUT2D eigenvalue weighted by molar-refractivity contribution is 1.23. The first kappa shape index (κ1) is 15.1. The summed E-state index contributed by atoms with van der Waals surface area (Å²) in [7, 11) is 0. The molecule has 4 aromatic rings. The van der Waals surface area contributed by atoms with Gasteiger partial charge in [-0.05, 0) is 25.1 Å². The number of nitrogens with one attached hydrogen (secondary N) is 1. The van der Waals surface area contributed by atoms with E-state index in [9.17, 15) is 0 Å². The van der Waals surface area contributed by atoms with Crippen LogP contribution in [0.3, 0.4) is 0 Å². The molecule has 24 heavy (non-hydrogen) atoms. The minimum atomic E-state index is 0.664. The lowest BCUT2D eigenvalue weighted by atomic mass is 10.2. The summed E-state index contributed by atoms with van der Waals surface area (Å²) in [5, 5.41) is 5.04. The van der Waals surface area contributed by atoms with Gasteiger partial charge in [-0.2, -0.15) is 0 Å². The number of anilines is 2. The van der Waals surface area contributed by atoms with E-state index in [4.69, 9.17) is 21.6 Å². The second kappa shape index (κ2) is 6.23. The van der Waals surface area contributed by atoms with E-state index in [1.807, 2.05) is 54.6 Å². The topological polar surface area (TPSA) is 37.8 Å². The van der Waals surface area contributed by atoms with Crippen molar-refractivity contribution >= 4 is 44.7 Å². The van der Waals surface area contributed by atoms with Crippen molar-refractivity contribution in [2.45, 2.75) is 6.92 Å². The fourth-order valence-corrected chi connectivity index (χ4v) is 3.61. The molecule has 3 nitrogen and oxygen atoms in total. The van der Waals surface area contributed by atoms with Gasteiger partial charge in [0.05, 0.1) is 16.1 Å². The van der Waals surface area contributed by atoms with E-state index in [2.05, 4.69) is 18.3 Å². The maximum absolute atomic E-state index is 6.28. The minimum absolute atomic E-state index is 0.664. The quantitative estimate of drug-likeness (QED) is 0.487. The highest BCUT2D eigenvalue weighted by molar-refractivity contribution is 7.18. The molecule has 0 bridgehead atoms. The number of aryl methyl sites for hydroxylation is 1. The molecule has 0 fully saturated rings. The zero-order valence-electron chi connectivity index (χ0n) is 13.0. The second-order valence-electron chi connectivity index (χ2n) is 5.44. The molecule has 118 valence electrons. The van der Waals surface area contributed by atoms with Gasteiger partial charge in [-0.25, -0.2) is 9.97 Å². The van der Waals surface area contributed by atoms with Crippen LogP contribution in [0.15, 0.2) is 60.7 Å². The number of hydrogen-bond acceptors (Lipinski definition) is 4. The van der Waals surface area contributed by atoms with E-state index in [1.54, 1.807) is 11.3 Å². The number of benzene rings is 2. The summed E-state index contributed by atoms with van der Waals surface area (Å²) >= 11 is 7.95. The molecule has 0 aliphatic carbocycles. The van der Waals surface area contributed by atoms with E-state index in [0.717, 1.165) is 27.3 Å². The Balaban J connectivity index is 1.88. The standard InChI is InChI=1S/C19H14ClN3S/c1-12-11-14-18(21-16-10-6-5-9-15(16)20)22-17(23-19(14)24-12)13-7-3-2-4-8-13/h2-11H,1H3,(H,21,22,23). The van der Waals surface area contributed by atoms with E-state index in [-0.39, 0.29) is 0 Å². The molecule has 0 spiro atoms. The third-order valence-corrected chi connectivity index (χ3v) is 4.95. The summed E-state index contributed by atoms with van der Waals surface area (Å²) in [6.07, 6.45) is 0. The number of nitrogens with zero attached hydrogens (tertiary/aromatic N) is 2. The smallest absolute Gasteiger partial charge is 0.163 e. The van der Waals surface area contributed by atoms with Crippen LogP contribution in [-0.2, 0) is 0 Å². The molecule has 0 unspecified atom stereocenters. The third-order valence-electron chi connectivity index (χ3n) is 3.67. The van der Waals surface area contributed by atoms with Crippen LogP contribution in [0.5, 0.6) is 0 Å². The van der Waals surface area contributed by atoms with E-state index in [1.165, 1.54) is 4.88 Å². The zero-order valence-corrected chi connectivity index (χ0v) is 14.5. The van der Waals surface area contributed by atoms with Crippen LogP contribution in [0.25, 0.3) is 21.6 Å². The lowest BCUT2D eigenvalue weighted by Crippen LogP contribution is -1.98. The summed E-state index contributed by atoms with van der Waals surface area (Å²) in [6, 6.07) is 19.8. The van der Waals surface area contributed by atoms with Gasteiger partial charge in [0.15, 0.2) is 5.82 Å². The van der Waals surface area contributed by atoms with Crippen LogP contribution in [0.2, 0.25) is 5.02 Å². The molecular formula is C19H14ClN3S. The Bertz CT molecular complexity index is 1010. The Kier molecular flexibility index (Phi) is 3.92. The molecule has 0 aliphatic heterocycles. The number of rotatable bonds is 3. The summed E-state index contributed by atoms with van der Waals surface area (Å²) < 4.78 is 0. The summed E-state index contributed by atoms with van der Waals surface area (Å²) in [5.74, 6) is 1.48. The Morgan fingerprint density at radius 1 is 0.958 bits per heavy atom. The Hall–Kier alpha value is -2.43. The van der Waals surface area contributed by atoms with E-state index >= 15 is 0 Å². The normalized spacial score (nSPS) is 10.9. The molecule has 1 N–H and O–H groups in total. The van der Waals surface area contributed by atoms with Gasteiger partial charge in [0.25, 0.3) is 0 Å². The Morgan fingerprint density at radius 2 is 1.71 bits per heavy atom. The van der Waals surface area contributed by atoms with Gasteiger partial charge in [-0.1, -0.05) is 54.1 Å². The fraction of sp³-hybridized carbons (Fsp3) is 0.0526. The molecule has 0 atom stereocenters. The first-order valence-electron chi connectivity index (χ1n) is 7.56. The first-order chi connectivity index (χ1) is 11.7. The maximum Gasteiger partial charge on any atom is 0.163 e. The molecule has 2 heterocycles. The molecule has 4 rings (SSSR count). The van der Waals surface area contributed by atoms with Crippen LogP contribution < -0.4 is 5.32 Å². The number of halogens is 1. The van der Waals surface area contributed by atoms with Gasteiger partial charge in [0, 0.05) is 10.4 Å². The lowest BCUT2D eigenvalue weighted by Gasteiger charge is -2.10. The molecule has 2 aromatic carbocycles. The number of thiophene rings is 1. The summed E-state index contributed by atoms with van der Waals surface area (Å²) in [5.41, 5.74) is 1.83. The maximum atomic E-state index is 6.28. The summed E-state index contributed by atoms with van der Waals surface area (Å²) in [6.45, 7) is 2.08. The highest BCUT2D eigenvalue weighted by atomic mass is 35.5. The fourth-order valence-electron chi connectivity index (χ4n) is 2.54. The first-order valence-corrected chi connectivity index (χ1v) is 8.75. The SMILES string of the molecule is Cc1cc2c(Nc3ccccc3Cl)nc(-c3ccccc3)nc2s1. The highest BCUT2D eigenvalue weighted by Crippen LogP contribution is 2.33. The van der Waals surface area contributed by atoms with Gasteiger partial charge in [-0.3, -0.25) is 0 Å². The van der Waals surface area contributed by atoms with Crippen molar-refractivity contribution in [1.29, 1.82) is 0 Å². The number of fused-ring (bicyclic) bond motifs is 1. The van der Waals surface area contributed by atoms with Gasteiger partial charge in [0.1, 0.15) is 10.6 Å². The molecule has 5 heteroatoms. The van der Waals surface area contributed by atoms with E-state index < -0.39 is 0 Å². The van der Waals surface area contributed by atoms with Gasteiger partial charge in [0.2, 0.25) is 0 Å². The van der Waals surface area contributed by atoms with Crippen molar-refractivity contribution in [3.05, 3.63) is 70.6 Å². The van der Waals surface area contributed by atoms with Crippen LogP contribution >= 0.6 is 22.9 Å². The highest BCUT2D eigenvalue weighted by Gasteiger charge is 2.13.